The van der Waals surface area contributed by atoms with Crippen LogP contribution in [0.5, 0.6) is 0 Å². The number of nitrogen functional groups attached to an aromatic ring is 1. The second-order valence-corrected chi connectivity index (χ2v) is 4.15. The molecule has 1 aromatic heterocycles. The number of nitrogens with two attached hydrogens (primary N) is 1. The van der Waals surface area contributed by atoms with Crippen LogP contribution in [0.25, 0.3) is 0 Å². The van der Waals surface area contributed by atoms with Crippen LogP contribution in [0, 0.1) is 0 Å². The Bertz CT molecular complexity index is 440. The Kier molecular flexibility index (Phi) is 3.33. The zero-order valence-electron chi connectivity index (χ0n) is 9.39. The molecule has 17 heavy (non-hydrogen) atoms. The van der Waals surface area contributed by atoms with Gasteiger partial charge in [0.15, 0.2) is 5.82 Å². The van der Waals surface area contributed by atoms with Crippen molar-refractivity contribution in [1.82, 2.24) is 9.97 Å². The molecule has 0 radical (unpaired) electrons. The average Bonchev–Trinajstić information content (AvgIpc) is 2.80. The lowest BCUT2D eigenvalue weighted by molar-refractivity contribution is -0.141. The Labute approximate surface area is 104 Å². The molecule has 6 nitrogen and oxygen atoms in total. The number of halogens is 1. The number of anilines is 2. The molecule has 0 amide bonds. The predicted molar refractivity (Wildman–Crippen MR) is 63.8 cm³/mol. The van der Waals surface area contributed by atoms with Crippen LogP contribution in [0.15, 0.2) is 6.33 Å². The van der Waals surface area contributed by atoms with Gasteiger partial charge in [-0.15, -0.1) is 0 Å². The van der Waals surface area contributed by atoms with Gasteiger partial charge >= 0.3 is 5.97 Å². The van der Waals surface area contributed by atoms with Gasteiger partial charge in [-0.25, -0.2) is 14.8 Å². The smallest absolute Gasteiger partial charge is 0.328 e. The van der Waals surface area contributed by atoms with Crippen molar-refractivity contribution in [3.8, 4) is 0 Å². The molecule has 0 bridgehead atoms. The molecule has 0 saturated carbocycles. The first-order chi connectivity index (χ1) is 8.15. The van der Waals surface area contributed by atoms with Gasteiger partial charge in [-0.2, -0.15) is 0 Å². The van der Waals surface area contributed by atoms with E-state index in [0.29, 0.717) is 12.4 Å². The summed E-state index contributed by atoms with van der Waals surface area (Å²) in [5.41, 5.74) is 5.62. The maximum Gasteiger partial charge on any atom is 0.328 e. The van der Waals surface area contributed by atoms with Gasteiger partial charge in [0, 0.05) is 6.54 Å². The SMILES string of the molecule is COC(=O)C1CCCN1c1ncnc(N)c1Cl. The largest absolute Gasteiger partial charge is 0.467 e. The van der Waals surface area contributed by atoms with Crippen molar-refractivity contribution in [1.29, 1.82) is 0 Å². The first-order valence-corrected chi connectivity index (χ1v) is 5.63. The number of hydrogen-bond acceptors (Lipinski definition) is 6. The van der Waals surface area contributed by atoms with Crippen molar-refractivity contribution < 1.29 is 9.53 Å². The van der Waals surface area contributed by atoms with Crippen LogP contribution in [0.2, 0.25) is 5.02 Å². The highest BCUT2D eigenvalue weighted by molar-refractivity contribution is 6.35. The highest BCUT2D eigenvalue weighted by Gasteiger charge is 2.33. The number of methoxy groups -OCH3 is 1. The quantitative estimate of drug-likeness (QED) is 0.790. The van der Waals surface area contributed by atoms with E-state index in [9.17, 15) is 4.79 Å². The Morgan fingerprint density at radius 2 is 2.41 bits per heavy atom. The van der Waals surface area contributed by atoms with Crippen LogP contribution in [-0.4, -0.2) is 35.6 Å². The Hall–Kier alpha value is -1.56. The lowest BCUT2D eigenvalue weighted by Gasteiger charge is -2.24. The monoisotopic (exact) mass is 256 g/mol. The van der Waals surface area contributed by atoms with E-state index in [1.54, 1.807) is 0 Å². The molecule has 2 N–H and O–H groups in total. The van der Waals surface area contributed by atoms with Crippen molar-refractivity contribution in [2.75, 3.05) is 24.3 Å². The lowest BCUT2D eigenvalue weighted by atomic mass is 10.2. The van der Waals surface area contributed by atoms with Crippen LogP contribution in [-0.2, 0) is 9.53 Å². The van der Waals surface area contributed by atoms with Crippen LogP contribution in [0.4, 0.5) is 11.6 Å². The summed E-state index contributed by atoms with van der Waals surface area (Å²) in [7, 11) is 1.37. The molecule has 1 atom stereocenters. The van der Waals surface area contributed by atoms with Crippen molar-refractivity contribution in [2.45, 2.75) is 18.9 Å². The highest BCUT2D eigenvalue weighted by atomic mass is 35.5. The Morgan fingerprint density at radius 1 is 1.65 bits per heavy atom. The second-order valence-electron chi connectivity index (χ2n) is 3.77. The Balaban J connectivity index is 2.32. The minimum Gasteiger partial charge on any atom is -0.467 e. The number of ether oxygens (including phenoxy) is 1. The normalized spacial score (nSPS) is 19.4. The average molecular weight is 257 g/mol. The van der Waals surface area contributed by atoms with Crippen LogP contribution < -0.4 is 10.6 Å². The molecule has 1 saturated heterocycles. The van der Waals surface area contributed by atoms with E-state index >= 15 is 0 Å². The summed E-state index contributed by atoms with van der Waals surface area (Å²) in [6.45, 7) is 0.704. The van der Waals surface area contributed by atoms with Crippen molar-refractivity contribution in [2.24, 2.45) is 0 Å². The number of aromatic nitrogens is 2. The van der Waals surface area contributed by atoms with Gasteiger partial charge in [-0.3, -0.25) is 0 Å². The topological polar surface area (TPSA) is 81.3 Å². The van der Waals surface area contributed by atoms with E-state index in [-0.39, 0.29) is 22.9 Å². The molecule has 1 aliphatic heterocycles. The molecule has 1 aromatic rings. The number of nitrogens with zero attached hydrogens (tertiary/aromatic N) is 3. The van der Waals surface area contributed by atoms with Crippen molar-refractivity contribution in [3.63, 3.8) is 0 Å². The maximum atomic E-state index is 11.6. The maximum absolute atomic E-state index is 11.6. The summed E-state index contributed by atoms with van der Waals surface area (Å²) in [5, 5.41) is 0.281. The number of hydrogen-bond donors (Lipinski definition) is 1. The molecule has 92 valence electrons. The summed E-state index contributed by atoms with van der Waals surface area (Å²) in [5.74, 6) is 0.426. The number of esters is 1. The first kappa shape index (κ1) is 11.9. The van der Waals surface area contributed by atoms with Crippen LogP contribution in [0.3, 0.4) is 0 Å². The lowest BCUT2D eigenvalue weighted by Crippen LogP contribution is -2.37. The third kappa shape index (κ3) is 2.12. The number of carbonyl (C=O) groups excluding carboxylic acids is 1. The van der Waals surface area contributed by atoms with Gasteiger partial charge in [0.1, 0.15) is 23.2 Å². The molecule has 0 aliphatic carbocycles. The molecule has 2 rings (SSSR count). The minimum atomic E-state index is -0.341. The van der Waals surface area contributed by atoms with Crippen LogP contribution in [0.1, 0.15) is 12.8 Å². The van der Waals surface area contributed by atoms with E-state index < -0.39 is 0 Å². The molecule has 1 unspecified atom stereocenters. The van der Waals surface area contributed by atoms with Crippen molar-refractivity contribution >= 4 is 29.2 Å². The van der Waals surface area contributed by atoms with Gasteiger partial charge in [-0.05, 0) is 12.8 Å². The summed E-state index contributed by atoms with van der Waals surface area (Å²) >= 11 is 6.04. The molecular formula is C10H13ClN4O2. The van der Waals surface area contributed by atoms with Gasteiger partial charge in [0.2, 0.25) is 0 Å². The predicted octanol–water partition coefficient (Wildman–Crippen LogP) is 0.854. The molecule has 2 heterocycles. The Morgan fingerprint density at radius 3 is 3.12 bits per heavy atom. The van der Waals surface area contributed by atoms with E-state index in [4.69, 9.17) is 22.1 Å². The minimum absolute atomic E-state index is 0.215. The van der Waals surface area contributed by atoms with Gasteiger partial charge in [0.25, 0.3) is 0 Å². The summed E-state index contributed by atoms with van der Waals surface area (Å²) in [4.78, 5) is 21.3. The second kappa shape index (κ2) is 4.75. The zero-order valence-corrected chi connectivity index (χ0v) is 10.1. The fraction of sp³-hybridized carbons (Fsp3) is 0.500. The molecule has 1 fully saturated rings. The molecule has 7 heteroatoms. The summed E-state index contributed by atoms with van der Waals surface area (Å²) in [6.07, 6.45) is 2.95. The molecular weight excluding hydrogens is 244 g/mol. The standard InChI is InChI=1S/C10H13ClN4O2/c1-17-10(16)6-3-2-4-15(6)9-7(11)8(12)13-5-14-9/h5-6H,2-4H2,1H3,(H2,12,13,14). The van der Waals surface area contributed by atoms with Crippen LogP contribution >= 0.6 is 11.6 Å². The fourth-order valence-corrected chi connectivity index (χ4v) is 2.18. The molecule has 0 spiro atoms. The van der Waals surface area contributed by atoms with E-state index in [0.717, 1.165) is 12.8 Å². The molecule has 0 aromatic carbocycles. The third-order valence-electron chi connectivity index (χ3n) is 2.80. The van der Waals surface area contributed by atoms with E-state index in [1.165, 1.54) is 13.4 Å². The summed E-state index contributed by atoms with van der Waals surface area (Å²) < 4.78 is 4.76. The fourth-order valence-electron chi connectivity index (χ4n) is 1.98. The number of carbonyl (C=O) groups is 1. The van der Waals surface area contributed by atoms with Crippen molar-refractivity contribution in [3.05, 3.63) is 11.3 Å². The first-order valence-electron chi connectivity index (χ1n) is 5.25. The molecule has 1 aliphatic rings. The van der Waals surface area contributed by atoms with Gasteiger partial charge in [0.05, 0.1) is 7.11 Å². The summed E-state index contributed by atoms with van der Waals surface area (Å²) in [6, 6.07) is -0.341. The van der Waals surface area contributed by atoms with Gasteiger partial charge < -0.3 is 15.4 Å². The zero-order chi connectivity index (χ0) is 12.4. The highest BCUT2D eigenvalue weighted by Crippen LogP contribution is 2.32. The van der Waals surface area contributed by atoms with Gasteiger partial charge in [-0.1, -0.05) is 11.6 Å². The van der Waals surface area contributed by atoms with E-state index in [2.05, 4.69) is 9.97 Å². The van der Waals surface area contributed by atoms with E-state index in [1.807, 2.05) is 4.90 Å². The number of rotatable bonds is 2. The third-order valence-corrected chi connectivity index (χ3v) is 3.16.